The SMILES string of the molecule is CC(C)(C)OC(=O)N[C@H]1CCCCC/C=C\[C@@H]2C[C@@]2(C(=O)NS(=O)(=O)C2CC2)NC(=O)[C@@H]2C[C@@H](OC(=O)Nc3ccccc3C=O)CN2C1=O. The van der Waals surface area contributed by atoms with Crippen LogP contribution in [0.25, 0.3) is 0 Å². The summed E-state index contributed by atoms with van der Waals surface area (Å²) in [5.41, 5.74) is -1.98. The van der Waals surface area contributed by atoms with Crippen molar-refractivity contribution in [3.8, 4) is 0 Å². The molecule has 0 spiro atoms. The minimum absolute atomic E-state index is 0.155. The van der Waals surface area contributed by atoms with Crippen LogP contribution in [0.3, 0.4) is 0 Å². The molecule has 2 saturated carbocycles. The number of carbonyl (C=O) groups excluding carboxylic acids is 6. The van der Waals surface area contributed by atoms with Crippen molar-refractivity contribution in [2.24, 2.45) is 5.92 Å². The van der Waals surface area contributed by atoms with Gasteiger partial charge in [0.05, 0.1) is 17.5 Å². The first-order chi connectivity index (χ1) is 23.6. The number of aldehydes is 1. The number of alkyl carbamates (subject to hydrolysis) is 1. The fourth-order valence-electron chi connectivity index (χ4n) is 6.30. The smallest absolute Gasteiger partial charge is 0.411 e. The number of anilines is 1. The summed E-state index contributed by atoms with van der Waals surface area (Å²) in [6.45, 7) is 4.84. The normalized spacial score (nSPS) is 27.9. The maximum atomic E-state index is 14.2. The summed E-state index contributed by atoms with van der Waals surface area (Å²) in [7, 11) is -3.92. The number of hydrogen-bond acceptors (Lipinski definition) is 10. The summed E-state index contributed by atoms with van der Waals surface area (Å²) in [5, 5.41) is 7.26. The molecule has 5 rings (SSSR count). The fraction of sp³-hybridized carbons (Fsp3) is 0.588. The van der Waals surface area contributed by atoms with Gasteiger partial charge in [-0.05, 0) is 71.4 Å². The van der Waals surface area contributed by atoms with Crippen molar-refractivity contribution >= 4 is 51.9 Å². The van der Waals surface area contributed by atoms with E-state index in [1.54, 1.807) is 39.0 Å². The molecule has 4 N–H and O–H groups in total. The van der Waals surface area contributed by atoms with Crippen LogP contribution in [0.15, 0.2) is 36.4 Å². The van der Waals surface area contributed by atoms with E-state index in [1.165, 1.54) is 17.0 Å². The van der Waals surface area contributed by atoms with Crippen molar-refractivity contribution in [3.63, 3.8) is 0 Å². The van der Waals surface area contributed by atoms with E-state index in [0.717, 1.165) is 12.8 Å². The second-order valence-electron chi connectivity index (χ2n) is 14.3. The highest BCUT2D eigenvalue weighted by Crippen LogP contribution is 2.46. The molecule has 50 heavy (non-hydrogen) atoms. The number of carbonyl (C=O) groups is 6. The number of allylic oxidation sites excluding steroid dienone is 1. The molecule has 0 radical (unpaired) electrons. The Kier molecular flexibility index (Phi) is 10.9. The average molecular weight is 716 g/mol. The predicted molar refractivity (Wildman–Crippen MR) is 180 cm³/mol. The van der Waals surface area contributed by atoms with Crippen LogP contribution in [0.5, 0.6) is 0 Å². The van der Waals surface area contributed by atoms with Gasteiger partial charge in [0.15, 0.2) is 6.29 Å². The molecular weight excluding hydrogens is 670 g/mol. The summed E-state index contributed by atoms with van der Waals surface area (Å²) in [5.74, 6) is -2.67. The molecule has 15 nitrogen and oxygen atoms in total. The third-order valence-corrected chi connectivity index (χ3v) is 11.0. The summed E-state index contributed by atoms with van der Waals surface area (Å²) >= 11 is 0. The van der Waals surface area contributed by atoms with Crippen LogP contribution in [0.4, 0.5) is 15.3 Å². The monoisotopic (exact) mass is 715 g/mol. The zero-order chi connectivity index (χ0) is 36.3. The Morgan fingerprint density at radius 3 is 2.48 bits per heavy atom. The third kappa shape index (κ3) is 9.00. The minimum Gasteiger partial charge on any atom is -0.444 e. The van der Waals surface area contributed by atoms with Crippen LogP contribution in [-0.2, 0) is 33.9 Å². The van der Waals surface area contributed by atoms with Gasteiger partial charge in [0.2, 0.25) is 21.8 Å². The number of para-hydroxylation sites is 1. The summed E-state index contributed by atoms with van der Waals surface area (Å²) in [6, 6.07) is 3.95. The molecular formula is C34H45N5O10S. The summed E-state index contributed by atoms with van der Waals surface area (Å²) in [6.07, 6.45) is 5.39. The van der Waals surface area contributed by atoms with E-state index in [9.17, 15) is 37.2 Å². The molecule has 5 atom stereocenters. The number of benzene rings is 1. The zero-order valence-electron chi connectivity index (χ0n) is 28.4. The number of hydrogen-bond donors (Lipinski definition) is 4. The molecule has 0 aromatic heterocycles. The van der Waals surface area contributed by atoms with Gasteiger partial charge >= 0.3 is 12.2 Å². The molecule has 3 fully saturated rings. The Morgan fingerprint density at radius 2 is 1.78 bits per heavy atom. The van der Waals surface area contributed by atoms with Gasteiger partial charge in [0.25, 0.3) is 5.91 Å². The Balaban J connectivity index is 1.41. The topological polar surface area (TPSA) is 206 Å². The van der Waals surface area contributed by atoms with E-state index in [4.69, 9.17) is 9.47 Å². The molecule has 272 valence electrons. The standard InChI is InChI=1S/C34H45N5O10S/c1-33(2,3)49-32(45)36-26-14-8-6-4-5-7-12-22-18-34(22,30(43)38-50(46,47)24-15-16-24)37-28(41)27-17-23(19-39(27)29(26)42)48-31(44)35-25-13-10-9-11-21(25)20-40/h7,9-13,20,22-24,26-27H,4-6,8,14-19H2,1-3H3,(H,35,44)(H,36,45)(H,37,41)(H,38,43)/b12-7-/t22-,23-,26+,27+,34-/m1/s1. The number of ether oxygens (including phenoxy) is 2. The maximum absolute atomic E-state index is 14.2. The van der Waals surface area contributed by atoms with Crippen LogP contribution in [0, 0.1) is 5.92 Å². The largest absolute Gasteiger partial charge is 0.444 e. The molecule has 1 aromatic rings. The van der Waals surface area contributed by atoms with E-state index in [1.807, 2.05) is 6.08 Å². The lowest BCUT2D eigenvalue weighted by Gasteiger charge is -2.30. The molecule has 1 aromatic carbocycles. The Hall–Kier alpha value is -4.47. The highest BCUT2D eigenvalue weighted by Gasteiger charge is 2.62. The van der Waals surface area contributed by atoms with Crippen LogP contribution in [0.1, 0.15) is 88.9 Å². The van der Waals surface area contributed by atoms with Gasteiger partial charge in [-0.3, -0.25) is 29.2 Å². The molecule has 0 bridgehead atoms. The van der Waals surface area contributed by atoms with E-state index in [0.29, 0.717) is 32.0 Å². The second-order valence-corrected chi connectivity index (χ2v) is 16.3. The average Bonchev–Trinajstić information content (AvgIpc) is 3.96. The first kappa shape index (κ1) is 36.8. The highest BCUT2D eigenvalue weighted by atomic mass is 32.2. The first-order valence-electron chi connectivity index (χ1n) is 17.0. The van der Waals surface area contributed by atoms with Gasteiger partial charge < -0.3 is 25.0 Å². The molecule has 2 aliphatic heterocycles. The van der Waals surface area contributed by atoms with Crippen LogP contribution < -0.4 is 20.7 Å². The van der Waals surface area contributed by atoms with Crippen molar-refractivity contribution in [2.45, 2.75) is 113 Å². The number of fused-ring (bicyclic) bond motifs is 2. The third-order valence-electron chi connectivity index (χ3n) is 9.13. The second kappa shape index (κ2) is 14.8. The van der Waals surface area contributed by atoms with Crippen LogP contribution >= 0.6 is 0 Å². The molecule has 1 saturated heterocycles. The van der Waals surface area contributed by atoms with Crippen LogP contribution in [0.2, 0.25) is 0 Å². The van der Waals surface area contributed by atoms with Crippen LogP contribution in [-0.4, -0.2) is 90.6 Å². The van der Waals surface area contributed by atoms with Gasteiger partial charge in [-0.15, -0.1) is 0 Å². The Bertz CT molecular complexity index is 1650. The summed E-state index contributed by atoms with van der Waals surface area (Å²) < 4.78 is 38.6. The van der Waals surface area contributed by atoms with E-state index < -0.39 is 80.4 Å². The molecule has 16 heteroatoms. The highest BCUT2D eigenvalue weighted by molar-refractivity contribution is 7.91. The quantitative estimate of drug-likeness (QED) is 0.240. The van der Waals surface area contributed by atoms with Gasteiger partial charge in [0, 0.05) is 17.9 Å². The molecule has 0 unspecified atom stereocenters. The molecule has 2 aliphatic carbocycles. The van der Waals surface area contributed by atoms with Gasteiger partial charge in [-0.2, -0.15) is 0 Å². The zero-order valence-corrected chi connectivity index (χ0v) is 29.3. The number of nitrogens with one attached hydrogen (secondary N) is 4. The van der Waals surface area contributed by atoms with Crippen molar-refractivity contribution in [1.82, 2.24) is 20.3 Å². The lowest BCUT2D eigenvalue weighted by molar-refractivity contribution is -0.141. The predicted octanol–water partition coefficient (Wildman–Crippen LogP) is 2.91. The molecule has 4 aliphatic rings. The van der Waals surface area contributed by atoms with Crippen molar-refractivity contribution in [1.29, 1.82) is 0 Å². The minimum atomic E-state index is -3.92. The molecule has 2 heterocycles. The number of rotatable bonds is 7. The van der Waals surface area contributed by atoms with Crippen molar-refractivity contribution in [3.05, 3.63) is 42.0 Å². The molecule has 5 amide bonds. The van der Waals surface area contributed by atoms with Gasteiger partial charge in [-0.25, -0.2) is 18.0 Å². The maximum Gasteiger partial charge on any atom is 0.411 e. The number of nitrogens with zero attached hydrogens (tertiary/aromatic N) is 1. The lowest BCUT2D eigenvalue weighted by atomic mass is 10.0. The van der Waals surface area contributed by atoms with Gasteiger partial charge in [0.1, 0.15) is 29.3 Å². The van der Waals surface area contributed by atoms with Crippen molar-refractivity contribution in [2.75, 3.05) is 11.9 Å². The lowest BCUT2D eigenvalue weighted by Crippen LogP contribution is -2.58. The van der Waals surface area contributed by atoms with E-state index in [2.05, 4.69) is 20.7 Å². The van der Waals surface area contributed by atoms with Crippen molar-refractivity contribution < 1.29 is 46.7 Å². The fourth-order valence-corrected chi connectivity index (χ4v) is 7.67. The summed E-state index contributed by atoms with van der Waals surface area (Å²) in [4.78, 5) is 80.3. The van der Waals surface area contributed by atoms with E-state index >= 15 is 0 Å². The van der Waals surface area contributed by atoms with E-state index in [-0.39, 0.29) is 37.1 Å². The Labute approximate surface area is 291 Å². The Morgan fingerprint density at radius 1 is 1.04 bits per heavy atom. The number of amides is 5. The first-order valence-corrected chi connectivity index (χ1v) is 18.5. The number of sulfonamides is 1. The van der Waals surface area contributed by atoms with Gasteiger partial charge in [-0.1, -0.05) is 37.1 Å².